The second kappa shape index (κ2) is 7.08. The van der Waals surface area contributed by atoms with Crippen LogP contribution in [0.1, 0.15) is 11.1 Å². The van der Waals surface area contributed by atoms with E-state index in [1.165, 1.54) is 0 Å². The molecule has 2 rings (SSSR count). The summed E-state index contributed by atoms with van der Waals surface area (Å²) in [6.07, 6.45) is 0. The number of anilines is 1. The second-order valence-corrected chi connectivity index (χ2v) is 5.08. The average molecular weight is 289 g/mol. The summed E-state index contributed by atoms with van der Waals surface area (Å²) in [5.74, 6) is -0.0513. The molecule has 0 atom stereocenters. The molecule has 0 aliphatic carbocycles. The fourth-order valence-corrected chi connectivity index (χ4v) is 1.98. The molecular weight excluding hydrogens is 272 g/mol. The largest absolute Gasteiger partial charge is 0.325 e. The summed E-state index contributed by atoms with van der Waals surface area (Å²) in [5, 5.41) is 6.67. The van der Waals surface area contributed by atoms with Crippen molar-refractivity contribution in [3.8, 4) is 0 Å². The molecule has 0 radical (unpaired) electrons. The first-order valence-corrected chi connectivity index (χ1v) is 6.83. The van der Waals surface area contributed by atoms with Gasteiger partial charge in [-0.05, 0) is 42.3 Å². The van der Waals surface area contributed by atoms with Crippen LogP contribution < -0.4 is 10.6 Å². The summed E-state index contributed by atoms with van der Waals surface area (Å²) in [6.45, 7) is 2.91. The zero-order chi connectivity index (χ0) is 14.4. The van der Waals surface area contributed by atoms with Crippen LogP contribution in [0.4, 0.5) is 5.69 Å². The van der Waals surface area contributed by atoms with Gasteiger partial charge in [0.25, 0.3) is 0 Å². The van der Waals surface area contributed by atoms with Gasteiger partial charge in [0.1, 0.15) is 0 Å². The molecule has 3 nitrogen and oxygen atoms in total. The molecule has 1 amide bonds. The van der Waals surface area contributed by atoms with Gasteiger partial charge >= 0.3 is 0 Å². The van der Waals surface area contributed by atoms with Crippen molar-refractivity contribution in [3.63, 3.8) is 0 Å². The van der Waals surface area contributed by atoms with Gasteiger partial charge in [0.15, 0.2) is 0 Å². The molecule has 0 bridgehead atoms. The first-order chi connectivity index (χ1) is 9.63. The topological polar surface area (TPSA) is 41.1 Å². The lowest BCUT2D eigenvalue weighted by Crippen LogP contribution is -2.27. The highest BCUT2D eigenvalue weighted by molar-refractivity contribution is 6.30. The quantitative estimate of drug-likeness (QED) is 0.885. The Kier molecular flexibility index (Phi) is 5.16. The Balaban J connectivity index is 1.76. The van der Waals surface area contributed by atoms with Crippen LogP contribution in [0.25, 0.3) is 0 Å². The number of hydrogen-bond donors (Lipinski definition) is 2. The van der Waals surface area contributed by atoms with Gasteiger partial charge in [-0.25, -0.2) is 0 Å². The van der Waals surface area contributed by atoms with E-state index in [1.807, 2.05) is 55.5 Å². The zero-order valence-corrected chi connectivity index (χ0v) is 12.1. The smallest absolute Gasteiger partial charge is 0.238 e. The van der Waals surface area contributed by atoms with E-state index in [1.54, 1.807) is 0 Å². The summed E-state index contributed by atoms with van der Waals surface area (Å²) < 4.78 is 0. The minimum absolute atomic E-state index is 0.0513. The number of rotatable bonds is 5. The van der Waals surface area contributed by atoms with Crippen molar-refractivity contribution in [2.24, 2.45) is 0 Å². The van der Waals surface area contributed by atoms with Crippen LogP contribution in [0.2, 0.25) is 5.02 Å². The molecule has 2 aromatic carbocycles. The Morgan fingerprint density at radius 2 is 1.90 bits per heavy atom. The first kappa shape index (κ1) is 14.6. The second-order valence-electron chi connectivity index (χ2n) is 4.65. The van der Waals surface area contributed by atoms with E-state index in [2.05, 4.69) is 10.6 Å². The standard InChI is InChI=1S/C16H17ClN2O/c1-12-3-2-4-15(9-12)19-16(20)11-18-10-13-5-7-14(17)8-6-13/h2-9,18H,10-11H2,1H3,(H,19,20). The highest BCUT2D eigenvalue weighted by Crippen LogP contribution is 2.10. The number of nitrogens with one attached hydrogen (secondary N) is 2. The molecule has 20 heavy (non-hydrogen) atoms. The lowest BCUT2D eigenvalue weighted by atomic mass is 10.2. The maximum absolute atomic E-state index is 11.8. The lowest BCUT2D eigenvalue weighted by Gasteiger charge is -2.07. The van der Waals surface area contributed by atoms with E-state index >= 15 is 0 Å². The van der Waals surface area contributed by atoms with Gasteiger partial charge in [0, 0.05) is 17.3 Å². The molecule has 104 valence electrons. The van der Waals surface area contributed by atoms with Crippen LogP contribution in [-0.4, -0.2) is 12.5 Å². The van der Waals surface area contributed by atoms with E-state index in [-0.39, 0.29) is 12.5 Å². The average Bonchev–Trinajstić information content (AvgIpc) is 2.41. The molecule has 0 fully saturated rings. The van der Waals surface area contributed by atoms with Crippen molar-refractivity contribution in [2.45, 2.75) is 13.5 Å². The summed E-state index contributed by atoms with van der Waals surface area (Å²) >= 11 is 5.81. The Bertz CT molecular complexity index is 581. The summed E-state index contributed by atoms with van der Waals surface area (Å²) in [6, 6.07) is 15.3. The molecule has 0 aliphatic rings. The number of carbonyl (C=O) groups is 1. The van der Waals surface area contributed by atoms with Crippen molar-refractivity contribution in [1.29, 1.82) is 0 Å². The fraction of sp³-hybridized carbons (Fsp3) is 0.188. The summed E-state index contributed by atoms with van der Waals surface area (Å²) in [7, 11) is 0. The molecule has 0 spiro atoms. The third-order valence-corrected chi connectivity index (χ3v) is 3.08. The highest BCUT2D eigenvalue weighted by atomic mass is 35.5. The lowest BCUT2D eigenvalue weighted by molar-refractivity contribution is -0.115. The molecule has 4 heteroatoms. The number of halogens is 1. The van der Waals surface area contributed by atoms with Crippen LogP contribution in [0.5, 0.6) is 0 Å². The van der Waals surface area contributed by atoms with Crippen LogP contribution in [0.3, 0.4) is 0 Å². The van der Waals surface area contributed by atoms with Gasteiger partial charge in [-0.3, -0.25) is 4.79 Å². The Hall–Kier alpha value is -1.84. The molecule has 2 N–H and O–H groups in total. The minimum Gasteiger partial charge on any atom is -0.325 e. The SMILES string of the molecule is Cc1cccc(NC(=O)CNCc2ccc(Cl)cc2)c1. The Morgan fingerprint density at radius 3 is 2.60 bits per heavy atom. The van der Waals surface area contributed by atoms with Gasteiger partial charge < -0.3 is 10.6 Å². The van der Waals surface area contributed by atoms with E-state index in [0.717, 1.165) is 16.8 Å². The van der Waals surface area contributed by atoms with Crippen molar-refractivity contribution in [2.75, 3.05) is 11.9 Å². The number of amides is 1. The van der Waals surface area contributed by atoms with Gasteiger partial charge in [-0.15, -0.1) is 0 Å². The zero-order valence-electron chi connectivity index (χ0n) is 11.3. The van der Waals surface area contributed by atoms with Crippen molar-refractivity contribution in [3.05, 3.63) is 64.7 Å². The van der Waals surface area contributed by atoms with Crippen molar-refractivity contribution >= 4 is 23.2 Å². The van der Waals surface area contributed by atoms with E-state index in [9.17, 15) is 4.79 Å². The van der Waals surface area contributed by atoms with Gasteiger partial charge in [-0.2, -0.15) is 0 Å². The maximum atomic E-state index is 11.8. The normalized spacial score (nSPS) is 10.3. The van der Waals surface area contributed by atoms with Crippen LogP contribution in [0, 0.1) is 6.92 Å². The monoisotopic (exact) mass is 288 g/mol. The summed E-state index contributed by atoms with van der Waals surface area (Å²) in [5.41, 5.74) is 3.04. The molecular formula is C16H17ClN2O. The first-order valence-electron chi connectivity index (χ1n) is 6.45. The summed E-state index contributed by atoms with van der Waals surface area (Å²) in [4.78, 5) is 11.8. The Morgan fingerprint density at radius 1 is 1.15 bits per heavy atom. The molecule has 0 saturated heterocycles. The number of benzene rings is 2. The van der Waals surface area contributed by atoms with Crippen LogP contribution >= 0.6 is 11.6 Å². The number of hydrogen-bond acceptors (Lipinski definition) is 2. The highest BCUT2D eigenvalue weighted by Gasteiger charge is 2.02. The van der Waals surface area contributed by atoms with E-state index < -0.39 is 0 Å². The molecule has 2 aromatic rings. The van der Waals surface area contributed by atoms with Crippen molar-refractivity contribution in [1.82, 2.24) is 5.32 Å². The number of aryl methyl sites for hydroxylation is 1. The van der Waals surface area contributed by atoms with Crippen LogP contribution in [0.15, 0.2) is 48.5 Å². The molecule has 0 aromatic heterocycles. The predicted octanol–water partition coefficient (Wildman–Crippen LogP) is 3.38. The van der Waals surface area contributed by atoms with Gasteiger partial charge in [0.05, 0.1) is 6.54 Å². The van der Waals surface area contributed by atoms with E-state index in [0.29, 0.717) is 11.6 Å². The van der Waals surface area contributed by atoms with Crippen LogP contribution in [-0.2, 0) is 11.3 Å². The fourth-order valence-electron chi connectivity index (χ4n) is 1.85. The third-order valence-electron chi connectivity index (χ3n) is 2.83. The maximum Gasteiger partial charge on any atom is 0.238 e. The van der Waals surface area contributed by atoms with Gasteiger partial charge in [-0.1, -0.05) is 35.9 Å². The Labute approximate surface area is 124 Å². The van der Waals surface area contributed by atoms with Gasteiger partial charge in [0.2, 0.25) is 5.91 Å². The number of carbonyl (C=O) groups excluding carboxylic acids is 1. The predicted molar refractivity (Wildman–Crippen MR) is 83.0 cm³/mol. The van der Waals surface area contributed by atoms with Crippen molar-refractivity contribution < 1.29 is 4.79 Å². The molecule has 0 saturated carbocycles. The van der Waals surface area contributed by atoms with E-state index in [4.69, 9.17) is 11.6 Å². The minimum atomic E-state index is -0.0513. The molecule has 0 aliphatic heterocycles. The molecule has 0 heterocycles. The molecule has 0 unspecified atom stereocenters. The third kappa shape index (κ3) is 4.68.